The van der Waals surface area contributed by atoms with Gasteiger partial charge in [-0.05, 0) is 36.3 Å². The third-order valence-electron chi connectivity index (χ3n) is 3.07. The molecular formula is C16H18F2N4O2S. The summed E-state index contributed by atoms with van der Waals surface area (Å²) >= 11 is 5.04. The summed E-state index contributed by atoms with van der Waals surface area (Å²) in [4.78, 5) is 7.68. The van der Waals surface area contributed by atoms with Crippen molar-refractivity contribution in [3.63, 3.8) is 0 Å². The molecule has 134 valence electrons. The molecule has 0 aliphatic carbocycles. The molecule has 2 aromatic rings. The van der Waals surface area contributed by atoms with Crippen LogP contribution in [0.3, 0.4) is 0 Å². The minimum Gasteiger partial charge on any atom is -0.494 e. The van der Waals surface area contributed by atoms with Gasteiger partial charge in [0.2, 0.25) is 0 Å². The SMILES string of the molecule is CCCNC(=S)Nc1nc(OCc2ccc(OC)c(F)c2)ncc1F. The molecule has 9 heteroatoms. The van der Waals surface area contributed by atoms with Gasteiger partial charge in [-0.3, -0.25) is 0 Å². The topological polar surface area (TPSA) is 68.3 Å². The first kappa shape index (κ1) is 18.8. The summed E-state index contributed by atoms with van der Waals surface area (Å²) in [6, 6.07) is 4.36. The van der Waals surface area contributed by atoms with Crippen LogP contribution in [0, 0.1) is 11.6 Å². The van der Waals surface area contributed by atoms with E-state index < -0.39 is 11.6 Å². The number of hydrogen-bond acceptors (Lipinski definition) is 5. The Bertz CT molecular complexity index is 746. The minimum atomic E-state index is -0.663. The Balaban J connectivity index is 2.01. The number of halogens is 2. The van der Waals surface area contributed by atoms with E-state index in [1.165, 1.54) is 19.2 Å². The number of thiocarbonyl (C=S) groups is 1. The lowest BCUT2D eigenvalue weighted by Gasteiger charge is -2.11. The Labute approximate surface area is 149 Å². The maximum Gasteiger partial charge on any atom is 0.318 e. The quantitative estimate of drug-likeness (QED) is 0.728. The summed E-state index contributed by atoms with van der Waals surface area (Å²) < 4.78 is 37.6. The molecule has 0 unspecified atom stereocenters. The van der Waals surface area contributed by atoms with Gasteiger partial charge in [0.15, 0.2) is 28.3 Å². The molecule has 1 aromatic carbocycles. The van der Waals surface area contributed by atoms with Crippen LogP contribution in [0.5, 0.6) is 11.8 Å². The van der Waals surface area contributed by atoms with Gasteiger partial charge in [0.1, 0.15) is 6.61 Å². The number of hydrogen-bond donors (Lipinski definition) is 2. The van der Waals surface area contributed by atoms with Crippen molar-refractivity contribution in [1.82, 2.24) is 15.3 Å². The molecule has 0 amide bonds. The molecule has 0 spiro atoms. The maximum atomic E-state index is 13.8. The second-order valence-electron chi connectivity index (χ2n) is 4.99. The van der Waals surface area contributed by atoms with E-state index >= 15 is 0 Å². The zero-order valence-electron chi connectivity index (χ0n) is 13.8. The highest BCUT2D eigenvalue weighted by Gasteiger charge is 2.10. The van der Waals surface area contributed by atoms with E-state index in [4.69, 9.17) is 21.7 Å². The van der Waals surface area contributed by atoms with Gasteiger partial charge < -0.3 is 20.1 Å². The first-order valence-corrected chi connectivity index (χ1v) is 7.97. The normalized spacial score (nSPS) is 10.2. The molecule has 2 N–H and O–H groups in total. The summed E-state index contributed by atoms with van der Waals surface area (Å²) in [6.45, 7) is 2.66. The summed E-state index contributed by atoms with van der Waals surface area (Å²) in [5.74, 6) is -1.12. The van der Waals surface area contributed by atoms with Gasteiger partial charge in [0.05, 0.1) is 13.3 Å². The Hall–Kier alpha value is -2.55. The molecule has 1 heterocycles. The van der Waals surface area contributed by atoms with Crippen molar-refractivity contribution in [1.29, 1.82) is 0 Å². The van der Waals surface area contributed by atoms with Crippen molar-refractivity contribution in [3.05, 3.63) is 41.6 Å². The van der Waals surface area contributed by atoms with E-state index in [1.54, 1.807) is 6.07 Å². The molecule has 0 saturated carbocycles. The lowest BCUT2D eigenvalue weighted by Crippen LogP contribution is -2.29. The van der Waals surface area contributed by atoms with Crippen LogP contribution in [0.15, 0.2) is 24.4 Å². The summed E-state index contributed by atoms with van der Waals surface area (Å²) in [6.07, 6.45) is 1.85. The van der Waals surface area contributed by atoms with E-state index in [0.29, 0.717) is 12.1 Å². The number of nitrogens with zero attached hydrogens (tertiary/aromatic N) is 2. The van der Waals surface area contributed by atoms with Gasteiger partial charge in [-0.2, -0.15) is 4.98 Å². The van der Waals surface area contributed by atoms with Crippen molar-refractivity contribution in [2.24, 2.45) is 0 Å². The van der Waals surface area contributed by atoms with E-state index in [1.807, 2.05) is 6.92 Å². The molecule has 0 fully saturated rings. The highest BCUT2D eigenvalue weighted by Crippen LogP contribution is 2.19. The molecule has 1 aromatic heterocycles. The zero-order valence-corrected chi connectivity index (χ0v) is 14.6. The number of methoxy groups -OCH3 is 1. The predicted molar refractivity (Wildman–Crippen MR) is 93.8 cm³/mol. The zero-order chi connectivity index (χ0) is 18.2. The largest absolute Gasteiger partial charge is 0.494 e. The van der Waals surface area contributed by atoms with Crippen molar-refractivity contribution in [3.8, 4) is 11.8 Å². The number of ether oxygens (including phenoxy) is 2. The Morgan fingerprint density at radius 1 is 1.28 bits per heavy atom. The molecule has 0 saturated heterocycles. The number of nitrogens with one attached hydrogen (secondary N) is 2. The van der Waals surface area contributed by atoms with Crippen molar-refractivity contribution in [2.75, 3.05) is 19.0 Å². The molecule has 0 bridgehead atoms. The van der Waals surface area contributed by atoms with Crippen molar-refractivity contribution < 1.29 is 18.3 Å². The molecule has 0 aliphatic rings. The fraction of sp³-hybridized carbons (Fsp3) is 0.312. The fourth-order valence-corrected chi connectivity index (χ4v) is 2.04. The minimum absolute atomic E-state index is 0.0184. The van der Waals surface area contributed by atoms with Crippen molar-refractivity contribution in [2.45, 2.75) is 20.0 Å². The van der Waals surface area contributed by atoms with Crippen LogP contribution in [0.1, 0.15) is 18.9 Å². The number of benzene rings is 1. The first-order chi connectivity index (χ1) is 12.0. The lowest BCUT2D eigenvalue weighted by atomic mass is 10.2. The Morgan fingerprint density at radius 3 is 2.76 bits per heavy atom. The van der Waals surface area contributed by atoms with Gasteiger partial charge >= 0.3 is 6.01 Å². The molecule has 25 heavy (non-hydrogen) atoms. The summed E-state index contributed by atoms with van der Waals surface area (Å²) in [5.41, 5.74) is 0.556. The Kier molecular flexibility index (Phi) is 6.81. The van der Waals surface area contributed by atoms with Crippen LogP contribution in [0.4, 0.5) is 14.6 Å². The van der Waals surface area contributed by atoms with Gasteiger partial charge in [0, 0.05) is 6.54 Å². The van der Waals surface area contributed by atoms with Gasteiger partial charge in [-0.15, -0.1) is 0 Å². The predicted octanol–water partition coefficient (Wildman–Crippen LogP) is 3.04. The molecule has 2 rings (SSSR count). The average Bonchev–Trinajstić information content (AvgIpc) is 2.60. The molecule has 0 radical (unpaired) electrons. The van der Waals surface area contributed by atoms with Crippen LogP contribution < -0.4 is 20.1 Å². The van der Waals surface area contributed by atoms with Crippen LogP contribution >= 0.6 is 12.2 Å². The lowest BCUT2D eigenvalue weighted by molar-refractivity contribution is 0.279. The van der Waals surface area contributed by atoms with E-state index in [0.717, 1.165) is 12.6 Å². The average molecular weight is 368 g/mol. The highest BCUT2D eigenvalue weighted by atomic mass is 32.1. The van der Waals surface area contributed by atoms with Crippen LogP contribution in [0.25, 0.3) is 0 Å². The van der Waals surface area contributed by atoms with E-state index in [-0.39, 0.29) is 29.3 Å². The molecule has 0 aliphatic heterocycles. The second-order valence-corrected chi connectivity index (χ2v) is 5.40. The third-order valence-corrected chi connectivity index (χ3v) is 3.32. The maximum absolute atomic E-state index is 13.8. The van der Waals surface area contributed by atoms with Crippen molar-refractivity contribution >= 4 is 23.1 Å². The van der Waals surface area contributed by atoms with Gasteiger partial charge in [0.25, 0.3) is 0 Å². The standard InChI is InChI=1S/C16H18F2N4O2S/c1-3-6-19-16(25)22-14-12(18)8-20-15(21-14)24-9-10-4-5-13(23-2)11(17)7-10/h4-5,7-8H,3,6,9H2,1-2H3,(H2,19,20,21,22,25). The van der Waals surface area contributed by atoms with E-state index in [9.17, 15) is 8.78 Å². The second kappa shape index (κ2) is 9.07. The smallest absolute Gasteiger partial charge is 0.318 e. The molecule has 0 atom stereocenters. The van der Waals surface area contributed by atoms with Crippen LogP contribution in [-0.2, 0) is 6.61 Å². The first-order valence-electron chi connectivity index (χ1n) is 7.56. The third kappa shape index (κ3) is 5.49. The molecular weight excluding hydrogens is 350 g/mol. The van der Waals surface area contributed by atoms with Crippen LogP contribution in [-0.4, -0.2) is 28.7 Å². The van der Waals surface area contributed by atoms with E-state index in [2.05, 4.69) is 20.6 Å². The highest BCUT2D eigenvalue weighted by molar-refractivity contribution is 7.80. The number of anilines is 1. The summed E-state index contributed by atoms with van der Waals surface area (Å²) in [5, 5.41) is 5.80. The monoisotopic (exact) mass is 368 g/mol. The van der Waals surface area contributed by atoms with Gasteiger partial charge in [-0.25, -0.2) is 13.8 Å². The summed E-state index contributed by atoms with van der Waals surface area (Å²) in [7, 11) is 1.38. The number of rotatable bonds is 7. The van der Waals surface area contributed by atoms with Gasteiger partial charge in [-0.1, -0.05) is 13.0 Å². The Morgan fingerprint density at radius 2 is 2.08 bits per heavy atom. The molecule has 6 nitrogen and oxygen atoms in total. The fourth-order valence-electron chi connectivity index (χ4n) is 1.85. The van der Waals surface area contributed by atoms with Crippen LogP contribution in [0.2, 0.25) is 0 Å². The number of aromatic nitrogens is 2.